The summed E-state index contributed by atoms with van der Waals surface area (Å²) in [4.78, 5) is 6.92. The maximum Gasteiger partial charge on any atom is 0.141 e. The zero-order chi connectivity index (χ0) is 11.4. The number of rotatable bonds is 5. The maximum atomic E-state index is 4.12. The predicted molar refractivity (Wildman–Crippen MR) is 65.3 cm³/mol. The molecule has 4 nitrogen and oxygen atoms in total. The first-order valence-corrected chi connectivity index (χ1v) is 6.27. The van der Waals surface area contributed by atoms with Gasteiger partial charge in [0, 0.05) is 16.3 Å². The molecule has 16 heavy (non-hydrogen) atoms. The van der Waals surface area contributed by atoms with Gasteiger partial charge in [-0.3, -0.25) is 5.10 Å². The van der Waals surface area contributed by atoms with Gasteiger partial charge in [-0.15, -0.1) is 11.3 Å². The number of nitrogens with one attached hydrogen (secondary N) is 2. The van der Waals surface area contributed by atoms with Gasteiger partial charge in [-0.1, -0.05) is 6.92 Å². The predicted octanol–water partition coefficient (Wildman–Crippen LogP) is 2.28. The minimum Gasteiger partial charge on any atom is -0.303 e. The van der Waals surface area contributed by atoms with Gasteiger partial charge >= 0.3 is 0 Å². The van der Waals surface area contributed by atoms with Crippen molar-refractivity contribution >= 4 is 11.3 Å². The van der Waals surface area contributed by atoms with E-state index in [-0.39, 0.29) is 6.04 Å². The topological polar surface area (TPSA) is 53.6 Å². The van der Waals surface area contributed by atoms with Gasteiger partial charge in [-0.2, -0.15) is 5.10 Å². The third-order valence-electron chi connectivity index (χ3n) is 2.49. The van der Waals surface area contributed by atoms with Crippen LogP contribution in [0.25, 0.3) is 0 Å². The second-order valence-corrected chi connectivity index (χ2v) is 4.95. The molecule has 5 heteroatoms. The number of thiophene rings is 1. The minimum atomic E-state index is 0.203. The van der Waals surface area contributed by atoms with Crippen LogP contribution in [0.15, 0.2) is 18.5 Å². The average Bonchev–Trinajstić information content (AvgIpc) is 2.96. The molecule has 0 aliphatic carbocycles. The largest absolute Gasteiger partial charge is 0.303 e. The number of H-pyrrole nitrogens is 1. The van der Waals surface area contributed by atoms with Crippen molar-refractivity contribution in [3.8, 4) is 0 Å². The summed E-state index contributed by atoms with van der Waals surface area (Å²) in [6, 6.07) is 4.58. The first kappa shape index (κ1) is 11.3. The summed E-state index contributed by atoms with van der Waals surface area (Å²) in [7, 11) is 0. The molecule has 2 aromatic rings. The van der Waals surface area contributed by atoms with E-state index in [2.05, 4.69) is 46.5 Å². The number of aromatic amines is 1. The molecule has 2 rings (SSSR count). The molecular formula is C11H16N4S. The molecule has 0 aliphatic rings. The summed E-state index contributed by atoms with van der Waals surface area (Å²) in [6.07, 6.45) is 2.65. The number of hydrogen-bond acceptors (Lipinski definition) is 4. The van der Waals surface area contributed by atoms with Crippen molar-refractivity contribution in [3.05, 3.63) is 34.0 Å². The Hall–Kier alpha value is -1.20. The Labute approximate surface area is 99.1 Å². The van der Waals surface area contributed by atoms with Crippen molar-refractivity contribution in [1.29, 1.82) is 0 Å². The lowest BCUT2D eigenvalue weighted by Crippen LogP contribution is -2.18. The van der Waals surface area contributed by atoms with E-state index in [0.29, 0.717) is 0 Å². The Morgan fingerprint density at radius 2 is 2.25 bits per heavy atom. The molecule has 0 aromatic carbocycles. The van der Waals surface area contributed by atoms with E-state index in [1.807, 2.05) is 11.3 Å². The van der Waals surface area contributed by atoms with Crippen LogP contribution in [0.1, 0.15) is 35.5 Å². The van der Waals surface area contributed by atoms with Crippen LogP contribution < -0.4 is 5.32 Å². The Bertz CT molecular complexity index is 421. The van der Waals surface area contributed by atoms with Crippen LogP contribution in [0.2, 0.25) is 0 Å². The van der Waals surface area contributed by atoms with Gasteiger partial charge in [-0.05, 0) is 25.5 Å². The Morgan fingerprint density at radius 1 is 1.44 bits per heavy atom. The third-order valence-corrected chi connectivity index (χ3v) is 3.72. The van der Waals surface area contributed by atoms with Crippen molar-refractivity contribution in [3.63, 3.8) is 0 Å². The molecule has 86 valence electrons. The first-order valence-electron chi connectivity index (χ1n) is 5.46. The maximum absolute atomic E-state index is 4.12. The molecule has 0 saturated heterocycles. The van der Waals surface area contributed by atoms with Gasteiger partial charge < -0.3 is 5.32 Å². The van der Waals surface area contributed by atoms with E-state index in [9.17, 15) is 0 Å². The van der Waals surface area contributed by atoms with Gasteiger partial charge in [0.15, 0.2) is 0 Å². The third kappa shape index (κ3) is 2.68. The van der Waals surface area contributed by atoms with Crippen LogP contribution in [0.3, 0.4) is 0 Å². The molecule has 0 radical (unpaired) electrons. The molecule has 2 N–H and O–H groups in total. The van der Waals surface area contributed by atoms with Crippen LogP contribution in [0.5, 0.6) is 0 Å². The average molecular weight is 236 g/mol. The van der Waals surface area contributed by atoms with Crippen molar-refractivity contribution in [2.75, 3.05) is 0 Å². The van der Waals surface area contributed by atoms with E-state index in [0.717, 1.165) is 18.8 Å². The summed E-state index contributed by atoms with van der Waals surface area (Å²) >= 11 is 1.86. The zero-order valence-corrected chi connectivity index (χ0v) is 10.3. The summed E-state index contributed by atoms with van der Waals surface area (Å²) in [6.45, 7) is 5.14. The molecule has 0 saturated carbocycles. The van der Waals surface area contributed by atoms with E-state index in [1.165, 1.54) is 16.1 Å². The second kappa shape index (κ2) is 5.23. The van der Waals surface area contributed by atoms with Gasteiger partial charge in [0.1, 0.15) is 12.2 Å². The van der Waals surface area contributed by atoms with Crippen LogP contribution in [0.4, 0.5) is 0 Å². The Balaban J connectivity index is 1.87. The van der Waals surface area contributed by atoms with Crippen molar-refractivity contribution < 1.29 is 0 Å². The van der Waals surface area contributed by atoms with Crippen LogP contribution in [0, 0.1) is 0 Å². The number of nitrogens with zero attached hydrogens (tertiary/aromatic N) is 2. The van der Waals surface area contributed by atoms with E-state index < -0.39 is 0 Å². The fraction of sp³-hybridized carbons (Fsp3) is 0.455. The molecule has 0 amide bonds. The van der Waals surface area contributed by atoms with Gasteiger partial charge in [0.05, 0.1) is 6.04 Å². The zero-order valence-electron chi connectivity index (χ0n) is 9.53. The Morgan fingerprint density at radius 3 is 2.88 bits per heavy atom. The highest BCUT2D eigenvalue weighted by Crippen LogP contribution is 2.17. The van der Waals surface area contributed by atoms with E-state index >= 15 is 0 Å². The minimum absolute atomic E-state index is 0.203. The SMILES string of the molecule is CCc1ccc(CNC(C)c2ncn[nH]2)s1. The highest BCUT2D eigenvalue weighted by atomic mass is 32.1. The normalized spacial score (nSPS) is 12.9. The monoisotopic (exact) mass is 236 g/mol. The summed E-state index contributed by atoms with van der Waals surface area (Å²) in [5.41, 5.74) is 0. The lowest BCUT2D eigenvalue weighted by molar-refractivity contribution is 0.551. The lowest BCUT2D eigenvalue weighted by Gasteiger charge is -2.09. The van der Waals surface area contributed by atoms with Crippen LogP contribution in [-0.2, 0) is 13.0 Å². The second-order valence-electron chi connectivity index (χ2n) is 3.69. The van der Waals surface area contributed by atoms with Crippen molar-refractivity contribution in [1.82, 2.24) is 20.5 Å². The molecule has 1 atom stereocenters. The fourth-order valence-electron chi connectivity index (χ4n) is 1.48. The standard InChI is InChI=1S/C11H16N4S/c1-3-9-4-5-10(16-9)6-12-8(2)11-13-7-14-15-11/h4-5,7-8,12H,3,6H2,1-2H3,(H,13,14,15). The van der Waals surface area contributed by atoms with E-state index in [1.54, 1.807) is 0 Å². The molecule has 1 unspecified atom stereocenters. The highest BCUT2D eigenvalue weighted by Gasteiger charge is 2.07. The Kier molecular flexibility index (Phi) is 3.69. The molecule has 0 bridgehead atoms. The van der Waals surface area contributed by atoms with E-state index in [4.69, 9.17) is 0 Å². The lowest BCUT2D eigenvalue weighted by atomic mass is 10.3. The summed E-state index contributed by atoms with van der Waals surface area (Å²) < 4.78 is 0. The number of hydrogen-bond donors (Lipinski definition) is 2. The van der Waals surface area contributed by atoms with Crippen molar-refractivity contribution in [2.24, 2.45) is 0 Å². The fourth-order valence-corrected chi connectivity index (χ4v) is 2.39. The summed E-state index contributed by atoms with van der Waals surface area (Å²) in [5, 5.41) is 10.1. The molecular weight excluding hydrogens is 220 g/mol. The van der Waals surface area contributed by atoms with Crippen molar-refractivity contribution in [2.45, 2.75) is 32.9 Å². The number of aryl methyl sites for hydroxylation is 1. The quantitative estimate of drug-likeness (QED) is 0.837. The molecule has 0 fully saturated rings. The van der Waals surface area contributed by atoms with Gasteiger partial charge in [0.25, 0.3) is 0 Å². The summed E-state index contributed by atoms with van der Waals surface area (Å²) in [5.74, 6) is 0.882. The molecule has 2 heterocycles. The smallest absolute Gasteiger partial charge is 0.141 e. The number of aromatic nitrogens is 3. The first-order chi connectivity index (χ1) is 7.79. The van der Waals surface area contributed by atoms with Gasteiger partial charge in [-0.25, -0.2) is 4.98 Å². The molecule has 0 aliphatic heterocycles. The molecule has 0 spiro atoms. The molecule has 2 aromatic heterocycles. The van der Waals surface area contributed by atoms with Crippen LogP contribution >= 0.6 is 11.3 Å². The highest BCUT2D eigenvalue weighted by molar-refractivity contribution is 7.11. The van der Waals surface area contributed by atoms with Crippen LogP contribution in [-0.4, -0.2) is 15.2 Å². The van der Waals surface area contributed by atoms with Gasteiger partial charge in [0.2, 0.25) is 0 Å².